The molecule has 0 bridgehead atoms. The molecular weight excluding hydrogens is 268 g/mol. The monoisotopic (exact) mass is 288 g/mol. The predicted molar refractivity (Wildman–Crippen MR) is 84.4 cm³/mol. The molecule has 1 aromatic heterocycles. The highest BCUT2D eigenvalue weighted by Gasteiger charge is 2.39. The first kappa shape index (κ1) is 12.7. The number of H-pyrrole nitrogens is 1. The molecule has 3 atom stereocenters. The van der Waals surface area contributed by atoms with Crippen LogP contribution in [0.15, 0.2) is 24.4 Å². The Morgan fingerprint density at radius 2 is 2.35 bits per heavy atom. The van der Waals surface area contributed by atoms with Gasteiger partial charge in [-0.2, -0.15) is 11.8 Å². The van der Waals surface area contributed by atoms with Gasteiger partial charge in [0.05, 0.1) is 12.2 Å². The molecule has 0 unspecified atom stereocenters. The van der Waals surface area contributed by atoms with Gasteiger partial charge in [-0.05, 0) is 36.9 Å². The smallest absolute Gasteiger partial charge is 0.0994 e. The third-order valence-corrected chi connectivity index (χ3v) is 5.36. The number of hydrogen-bond donors (Lipinski definition) is 1. The van der Waals surface area contributed by atoms with Gasteiger partial charge in [0.1, 0.15) is 0 Å². The highest BCUT2D eigenvalue weighted by molar-refractivity contribution is 7.98. The van der Waals surface area contributed by atoms with Crippen molar-refractivity contribution in [3.05, 3.63) is 35.5 Å². The van der Waals surface area contributed by atoms with E-state index in [0.717, 1.165) is 18.7 Å². The van der Waals surface area contributed by atoms with Crippen LogP contribution in [-0.2, 0) is 11.2 Å². The van der Waals surface area contributed by atoms with Gasteiger partial charge >= 0.3 is 0 Å². The number of aromatic nitrogens is 1. The zero-order valence-electron chi connectivity index (χ0n) is 11.9. The maximum Gasteiger partial charge on any atom is 0.0994 e. The van der Waals surface area contributed by atoms with Crippen molar-refractivity contribution in [2.75, 3.05) is 25.6 Å². The van der Waals surface area contributed by atoms with Crippen molar-refractivity contribution in [2.45, 2.75) is 24.7 Å². The van der Waals surface area contributed by atoms with E-state index in [-0.39, 0.29) is 6.10 Å². The highest BCUT2D eigenvalue weighted by Crippen LogP contribution is 2.42. The Kier molecular flexibility index (Phi) is 3.05. The fraction of sp³-hybridized carbons (Fsp3) is 0.500. The molecule has 3 nitrogen and oxygen atoms in total. The van der Waals surface area contributed by atoms with Crippen molar-refractivity contribution in [2.24, 2.45) is 0 Å². The quantitative estimate of drug-likeness (QED) is 0.921. The summed E-state index contributed by atoms with van der Waals surface area (Å²) in [5.74, 6) is 1.07. The lowest BCUT2D eigenvalue weighted by atomic mass is 9.85. The van der Waals surface area contributed by atoms with Crippen LogP contribution in [0.5, 0.6) is 0 Å². The van der Waals surface area contributed by atoms with Crippen molar-refractivity contribution in [1.29, 1.82) is 0 Å². The van der Waals surface area contributed by atoms with Gasteiger partial charge < -0.3 is 9.72 Å². The molecule has 0 spiro atoms. The lowest BCUT2D eigenvalue weighted by Gasteiger charge is -2.45. The molecular formula is C16H20N2OS. The second kappa shape index (κ2) is 4.79. The number of likely N-dealkylation sites (N-methyl/N-ethyl adjacent to an activating group) is 1. The summed E-state index contributed by atoms with van der Waals surface area (Å²) in [6.45, 7) is 1.04. The molecule has 1 saturated heterocycles. The minimum Gasteiger partial charge on any atom is -0.366 e. The number of morpholine rings is 1. The lowest BCUT2D eigenvalue weighted by molar-refractivity contribution is -0.106. The van der Waals surface area contributed by atoms with Gasteiger partial charge in [-0.1, -0.05) is 12.1 Å². The number of nitrogens with one attached hydrogen (secondary N) is 1. The van der Waals surface area contributed by atoms with Crippen molar-refractivity contribution in [1.82, 2.24) is 9.88 Å². The van der Waals surface area contributed by atoms with Crippen LogP contribution in [0.4, 0.5) is 0 Å². The Morgan fingerprint density at radius 3 is 3.20 bits per heavy atom. The molecule has 2 aromatic rings. The van der Waals surface area contributed by atoms with Crippen LogP contribution in [0, 0.1) is 0 Å². The Bertz CT molecular complexity index is 638. The van der Waals surface area contributed by atoms with Crippen molar-refractivity contribution < 1.29 is 4.74 Å². The summed E-state index contributed by atoms with van der Waals surface area (Å²) in [7, 11) is 2.24. The molecule has 0 radical (unpaired) electrons. The maximum absolute atomic E-state index is 6.44. The molecule has 1 aromatic carbocycles. The normalized spacial score (nSPS) is 29.6. The SMILES string of the molecule is CSC[C@H]1CN(C)[C@@H]2Cc3c[nH]c4cccc(c34)[C@H]2O1. The van der Waals surface area contributed by atoms with Gasteiger partial charge in [-0.3, -0.25) is 4.90 Å². The van der Waals surface area contributed by atoms with Gasteiger partial charge in [-0.25, -0.2) is 0 Å². The molecule has 1 aliphatic heterocycles. The van der Waals surface area contributed by atoms with Crippen LogP contribution in [0.3, 0.4) is 0 Å². The van der Waals surface area contributed by atoms with Crippen LogP contribution >= 0.6 is 11.8 Å². The van der Waals surface area contributed by atoms with Crippen LogP contribution in [-0.4, -0.2) is 47.6 Å². The first-order valence-electron chi connectivity index (χ1n) is 7.21. The van der Waals surface area contributed by atoms with Crippen LogP contribution in [0.25, 0.3) is 10.9 Å². The summed E-state index contributed by atoms with van der Waals surface area (Å²) >= 11 is 1.87. The van der Waals surface area contributed by atoms with Crippen molar-refractivity contribution in [3.8, 4) is 0 Å². The van der Waals surface area contributed by atoms with Crippen LogP contribution < -0.4 is 0 Å². The average molecular weight is 288 g/mol. The number of benzene rings is 1. The Morgan fingerprint density at radius 1 is 1.45 bits per heavy atom. The third kappa shape index (κ3) is 1.82. The van der Waals surface area contributed by atoms with Crippen molar-refractivity contribution in [3.63, 3.8) is 0 Å². The second-order valence-electron chi connectivity index (χ2n) is 5.93. The standard InChI is InChI=1S/C16H20N2OS/c1-18-8-11(9-20-2)19-16-12-4-3-5-13-15(12)10(7-17-13)6-14(16)18/h3-5,7,11,14,16-17H,6,8-9H2,1-2H3/t11-,14-,16-/m1/s1. The molecule has 1 N–H and O–H groups in total. The highest BCUT2D eigenvalue weighted by atomic mass is 32.2. The zero-order valence-corrected chi connectivity index (χ0v) is 12.7. The molecule has 1 fully saturated rings. The van der Waals surface area contributed by atoms with E-state index < -0.39 is 0 Å². The Labute approximate surface area is 123 Å². The molecule has 1 aliphatic carbocycles. The van der Waals surface area contributed by atoms with Crippen LogP contribution in [0.2, 0.25) is 0 Å². The number of fused-ring (bicyclic) bond motifs is 2. The van der Waals surface area contributed by atoms with Crippen LogP contribution in [0.1, 0.15) is 17.2 Å². The molecule has 4 heteroatoms. The number of rotatable bonds is 2. The Hall–Kier alpha value is -0.970. The molecule has 2 heterocycles. The molecule has 2 aliphatic rings. The lowest BCUT2D eigenvalue weighted by Crippen LogP contribution is -2.51. The van der Waals surface area contributed by atoms with Crippen molar-refractivity contribution >= 4 is 22.7 Å². The van der Waals surface area contributed by atoms with Gasteiger partial charge in [-0.15, -0.1) is 0 Å². The fourth-order valence-corrected chi connectivity index (χ4v) is 4.32. The molecule has 4 rings (SSSR count). The van der Waals surface area contributed by atoms with E-state index >= 15 is 0 Å². The van der Waals surface area contributed by atoms with E-state index in [1.165, 1.54) is 22.0 Å². The number of nitrogens with zero attached hydrogens (tertiary/aromatic N) is 1. The van der Waals surface area contributed by atoms with E-state index in [9.17, 15) is 0 Å². The summed E-state index contributed by atoms with van der Waals surface area (Å²) in [5.41, 5.74) is 4.05. The number of hydrogen-bond acceptors (Lipinski definition) is 3. The molecule has 0 saturated carbocycles. The number of ether oxygens (including phenoxy) is 1. The van der Waals surface area contributed by atoms with E-state index in [0.29, 0.717) is 12.1 Å². The number of thioether (sulfide) groups is 1. The van der Waals surface area contributed by atoms with E-state index in [1.807, 2.05) is 11.8 Å². The zero-order chi connectivity index (χ0) is 13.7. The second-order valence-corrected chi connectivity index (χ2v) is 6.84. The van der Waals surface area contributed by atoms with E-state index in [4.69, 9.17) is 4.74 Å². The summed E-state index contributed by atoms with van der Waals surface area (Å²) < 4.78 is 6.44. The first-order valence-corrected chi connectivity index (χ1v) is 8.61. The largest absolute Gasteiger partial charge is 0.366 e. The third-order valence-electron chi connectivity index (χ3n) is 4.65. The van der Waals surface area contributed by atoms with E-state index in [1.54, 1.807) is 0 Å². The van der Waals surface area contributed by atoms with Gasteiger partial charge in [0, 0.05) is 35.4 Å². The van der Waals surface area contributed by atoms with E-state index in [2.05, 4.69) is 47.6 Å². The van der Waals surface area contributed by atoms with Gasteiger partial charge in [0.2, 0.25) is 0 Å². The summed E-state index contributed by atoms with van der Waals surface area (Å²) in [5, 5.41) is 1.40. The molecule has 0 amide bonds. The topological polar surface area (TPSA) is 28.3 Å². The first-order chi connectivity index (χ1) is 9.78. The molecule has 20 heavy (non-hydrogen) atoms. The minimum absolute atomic E-state index is 0.220. The summed E-state index contributed by atoms with van der Waals surface area (Å²) in [6, 6.07) is 7.02. The molecule has 106 valence electrons. The Balaban J connectivity index is 1.79. The maximum atomic E-state index is 6.44. The number of aromatic amines is 1. The minimum atomic E-state index is 0.220. The predicted octanol–water partition coefficient (Wildman–Crippen LogP) is 2.83. The summed E-state index contributed by atoms with van der Waals surface area (Å²) in [6.07, 6.45) is 5.97. The van der Waals surface area contributed by atoms with Gasteiger partial charge in [0.15, 0.2) is 0 Å². The summed E-state index contributed by atoms with van der Waals surface area (Å²) in [4.78, 5) is 5.89. The van der Waals surface area contributed by atoms with Gasteiger partial charge in [0.25, 0.3) is 0 Å². The average Bonchev–Trinajstić information content (AvgIpc) is 2.86. The fourth-order valence-electron chi connectivity index (χ4n) is 3.76.